The highest BCUT2D eigenvalue weighted by Gasteiger charge is 2.01. The molecule has 2 heteroatoms. The van der Waals surface area contributed by atoms with Crippen molar-refractivity contribution < 1.29 is 0 Å². The van der Waals surface area contributed by atoms with E-state index in [1.807, 2.05) is 19.2 Å². The molecule has 3 rings (SSSR count). The van der Waals surface area contributed by atoms with Crippen molar-refractivity contribution in [2.45, 2.75) is 0 Å². The molecule has 3 aromatic carbocycles. The summed E-state index contributed by atoms with van der Waals surface area (Å²) >= 11 is 0. The smallest absolute Gasteiger partial charge is 0.0344 e. The number of rotatable bonds is 1. The van der Waals surface area contributed by atoms with Crippen LogP contribution in [0.5, 0.6) is 0 Å². The predicted molar refractivity (Wildman–Crippen MR) is 75.4 cm³/mol. The Hall–Kier alpha value is -2.22. The summed E-state index contributed by atoms with van der Waals surface area (Å²) in [5.74, 6) is 0. The Morgan fingerprint density at radius 2 is 1.47 bits per heavy atom. The molecule has 0 atom stereocenters. The second kappa shape index (κ2) is 3.67. The minimum absolute atomic E-state index is 0.809. The third-order valence-corrected chi connectivity index (χ3v) is 3.15. The van der Waals surface area contributed by atoms with Crippen molar-refractivity contribution in [1.29, 1.82) is 0 Å². The van der Waals surface area contributed by atoms with Crippen molar-refractivity contribution >= 4 is 32.9 Å². The zero-order valence-corrected chi connectivity index (χ0v) is 9.70. The number of hydrogen-bond acceptors (Lipinski definition) is 2. The molecule has 0 heterocycles. The molecule has 0 bridgehead atoms. The number of nitrogens with one attached hydrogen (secondary N) is 1. The molecule has 2 nitrogen and oxygen atoms in total. The van der Waals surface area contributed by atoms with Crippen LogP contribution in [-0.2, 0) is 0 Å². The van der Waals surface area contributed by atoms with E-state index in [9.17, 15) is 0 Å². The van der Waals surface area contributed by atoms with E-state index in [-0.39, 0.29) is 0 Å². The monoisotopic (exact) mass is 222 g/mol. The average molecular weight is 222 g/mol. The number of nitrogen functional groups attached to an aromatic ring is 1. The fraction of sp³-hybridized carbons (Fsp3) is 0.0667. The summed E-state index contributed by atoms with van der Waals surface area (Å²) in [6, 6.07) is 16.7. The molecule has 0 saturated carbocycles. The fourth-order valence-corrected chi connectivity index (χ4v) is 2.25. The summed E-state index contributed by atoms with van der Waals surface area (Å²) in [5, 5.41) is 8.11. The Kier molecular flexibility index (Phi) is 2.15. The van der Waals surface area contributed by atoms with Crippen molar-refractivity contribution in [1.82, 2.24) is 0 Å². The Morgan fingerprint density at radius 3 is 2.18 bits per heavy atom. The van der Waals surface area contributed by atoms with Crippen LogP contribution >= 0.6 is 0 Å². The van der Waals surface area contributed by atoms with E-state index in [0.717, 1.165) is 11.4 Å². The molecule has 0 amide bonds. The minimum Gasteiger partial charge on any atom is -0.399 e. The molecule has 0 aliphatic carbocycles. The molecule has 0 aliphatic heterocycles. The lowest BCUT2D eigenvalue weighted by molar-refractivity contribution is 1.54. The number of nitrogens with two attached hydrogens (primary N) is 1. The van der Waals surface area contributed by atoms with E-state index < -0.39 is 0 Å². The third kappa shape index (κ3) is 1.58. The Morgan fingerprint density at radius 1 is 0.824 bits per heavy atom. The van der Waals surface area contributed by atoms with Crippen LogP contribution in [0, 0.1) is 0 Å². The Labute approximate surface area is 100 Å². The number of benzene rings is 3. The van der Waals surface area contributed by atoms with Gasteiger partial charge in [0.05, 0.1) is 0 Å². The lowest BCUT2D eigenvalue weighted by Gasteiger charge is -2.07. The molecule has 84 valence electrons. The van der Waals surface area contributed by atoms with Gasteiger partial charge in [-0.15, -0.1) is 0 Å². The van der Waals surface area contributed by atoms with Crippen LogP contribution in [0.2, 0.25) is 0 Å². The second-order valence-electron chi connectivity index (χ2n) is 4.23. The normalized spacial score (nSPS) is 10.9. The van der Waals surface area contributed by atoms with Crippen LogP contribution in [0.15, 0.2) is 48.5 Å². The molecule has 0 saturated heterocycles. The maximum absolute atomic E-state index is 5.80. The quantitative estimate of drug-likeness (QED) is 0.487. The van der Waals surface area contributed by atoms with Gasteiger partial charge in [0.15, 0.2) is 0 Å². The van der Waals surface area contributed by atoms with Crippen molar-refractivity contribution in [2.75, 3.05) is 18.1 Å². The van der Waals surface area contributed by atoms with Crippen LogP contribution in [-0.4, -0.2) is 7.05 Å². The third-order valence-electron chi connectivity index (χ3n) is 3.15. The van der Waals surface area contributed by atoms with Gasteiger partial charge in [-0.25, -0.2) is 0 Å². The average Bonchev–Trinajstić information content (AvgIpc) is 2.37. The number of fused-ring (bicyclic) bond motifs is 3. The zero-order chi connectivity index (χ0) is 11.8. The van der Waals surface area contributed by atoms with Gasteiger partial charge in [-0.3, -0.25) is 0 Å². The first kappa shape index (κ1) is 9.97. The van der Waals surface area contributed by atoms with E-state index in [1.54, 1.807) is 0 Å². The Balaban J connectivity index is 2.40. The van der Waals surface area contributed by atoms with Gasteiger partial charge < -0.3 is 11.1 Å². The van der Waals surface area contributed by atoms with E-state index >= 15 is 0 Å². The molecule has 17 heavy (non-hydrogen) atoms. The number of anilines is 2. The van der Waals surface area contributed by atoms with E-state index in [1.165, 1.54) is 21.5 Å². The molecule has 3 N–H and O–H groups in total. The number of hydrogen-bond donors (Lipinski definition) is 2. The highest BCUT2D eigenvalue weighted by atomic mass is 14.8. The topological polar surface area (TPSA) is 38.0 Å². The second-order valence-corrected chi connectivity index (χ2v) is 4.23. The molecule has 0 aliphatic rings. The van der Waals surface area contributed by atoms with E-state index in [4.69, 9.17) is 5.73 Å². The molecule has 0 unspecified atom stereocenters. The van der Waals surface area contributed by atoms with Gasteiger partial charge in [-0.1, -0.05) is 24.3 Å². The first-order valence-electron chi connectivity index (χ1n) is 5.68. The standard InChI is InChI=1S/C15H14N2/c1-17-13-5-7-15-11(9-13)3-2-10-8-12(16)4-6-14(10)15/h2-9,17H,16H2,1H3. The van der Waals surface area contributed by atoms with Gasteiger partial charge in [0.1, 0.15) is 0 Å². The lowest BCUT2D eigenvalue weighted by atomic mass is 10.0. The molecule has 0 aromatic heterocycles. The lowest BCUT2D eigenvalue weighted by Crippen LogP contribution is -1.88. The summed E-state index contributed by atoms with van der Waals surface area (Å²) in [7, 11) is 1.93. The largest absolute Gasteiger partial charge is 0.399 e. The van der Waals surface area contributed by atoms with Crippen LogP contribution in [0.4, 0.5) is 11.4 Å². The zero-order valence-electron chi connectivity index (χ0n) is 9.70. The Bertz CT molecular complexity index is 702. The molecule has 3 aromatic rings. The maximum atomic E-state index is 5.80. The van der Waals surface area contributed by atoms with Crippen molar-refractivity contribution in [3.63, 3.8) is 0 Å². The SMILES string of the molecule is CNc1ccc2c(ccc3cc(N)ccc32)c1. The molecule has 0 spiro atoms. The minimum atomic E-state index is 0.809. The van der Waals surface area contributed by atoms with Crippen LogP contribution < -0.4 is 11.1 Å². The molecular weight excluding hydrogens is 208 g/mol. The summed E-state index contributed by atoms with van der Waals surface area (Å²) in [6.45, 7) is 0. The van der Waals surface area contributed by atoms with Gasteiger partial charge in [0.2, 0.25) is 0 Å². The predicted octanol–water partition coefficient (Wildman–Crippen LogP) is 3.62. The molecule has 0 fully saturated rings. The van der Waals surface area contributed by atoms with Crippen LogP contribution in [0.3, 0.4) is 0 Å². The maximum Gasteiger partial charge on any atom is 0.0344 e. The van der Waals surface area contributed by atoms with Gasteiger partial charge in [0.25, 0.3) is 0 Å². The summed E-state index contributed by atoms with van der Waals surface area (Å²) in [5.41, 5.74) is 7.74. The molecule has 0 radical (unpaired) electrons. The molecular formula is C15H14N2. The van der Waals surface area contributed by atoms with Crippen LogP contribution in [0.25, 0.3) is 21.5 Å². The summed E-state index contributed by atoms with van der Waals surface area (Å²) in [4.78, 5) is 0. The van der Waals surface area contributed by atoms with Crippen molar-refractivity contribution in [3.05, 3.63) is 48.5 Å². The fourth-order valence-electron chi connectivity index (χ4n) is 2.25. The van der Waals surface area contributed by atoms with Gasteiger partial charge in [-0.2, -0.15) is 0 Å². The first-order chi connectivity index (χ1) is 8.28. The van der Waals surface area contributed by atoms with Gasteiger partial charge >= 0.3 is 0 Å². The van der Waals surface area contributed by atoms with Crippen LogP contribution in [0.1, 0.15) is 0 Å². The van der Waals surface area contributed by atoms with E-state index in [2.05, 4.69) is 41.7 Å². The summed E-state index contributed by atoms with van der Waals surface area (Å²) in [6.07, 6.45) is 0. The first-order valence-corrected chi connectivity index (χ1v) is 5.68. The van der Waals surface area contributed by atoms with E-state index in [0.29, 0.717) is 0 Å². The van der Waals surface area contributed by atoms with Crippen molar-refractivity contribution in [2.24, 2.45) is 0 Å². The summed E-state index contributed by atoms with van der Waals surface area (Å²) < 4.78 is 0. The van der Waals surface area contributed by atoms with Crippen molar-refractivity contribution in [3.8, 4) is 0 Å². The highest BCUT2D eigenvalue weighted by molar-refractivity contribution is 6.08. The van der Waals surface area contributed by atoms with Gasteiger partial charge in [-0.05, 0) is 45.8 Å². The van der Waals surface area contributed by atoms with Gasteiger partial charge in [0, 0.05) is 18.4 Å². The highest BCUT2D eigenvalue weighted by Crippen LogP contribution is 2.28.